The molecule has 0 saturated carbocycles. The second-order valence-electron chi connectivity index (χ2n) is 8.80. The van der Waals surface area contributed by atoms with Gasteiger partial charge in [-0.2, -0.15) is 0 Å². The summed E-state index contributed by atoms with van der Waals surface area (Å²) in [5, 5.41) is 1.42. The van der Waals surface area contributed by atoms with Crippen molar-refractivity contribution in [3.8, 4) is 0 Å². The van der Waals surface area contributed by atoms with Gasteiger partial charge < -0.3 is 13.7 Å². The van der Waals surface area contributed by atoms with Gasteiger partial charge in [0.2, 0.25) is 8.32 Å². The molecular weight excluding hydrogens is 315 g/mol. The Morgan fingerprint density at radius 3 is 2.04 bits per heavy atom. The van der Waals surface area contributed by atoms with E-state index in [2.05, 4.69) is 67.5 Å². The van der Waals surface area contributed by atoms with E-state index in [1.807, 2.05) is 0 Å². The molecule has 1 rings (SSSR count). The lowest BCUT2D eigenvalue weighted by atomic mass is 9.89. The minimum absolute atomic E-state index is 0.254. The van der Waals surface area contributed by atoms with Crippen LogP contribution in [0.2, 0.25) is 13.1 Å². The predicted molar refractivity (Wildman–Crippen MR) is 107 cm³/mol. The fourth-order valence-electron chi connectivity index (χ4n) is 3.11. The monoisotopic (exact) mass is 354 g/mol. The van der Waals surface area contributed by atoms with Crippen molar-refractivity contribution in [2.75, 3.05) is 0 Å². The highest BCUT2D eigenvalue weighted by atomic mass is 28.4. The number of rotatable bonds is 9. The summed E-state index contributed by atoms with van der Waals surface area (Å²) in [5.41, 5.74) is -0.571. The maximum Gasteiger partial charge on any atom is 0.486 e. The summed E-state index contributed by atoms with van der Waals surface area (Å²) < 4.78 is 18.7. The number of allylic oxidation sites excluding steroid dienone is 1. The predicted octanol–water partition coefficient (Wildman–Crippen LogP) is 5.68. The molecule has 1 fully saturated rings. The van der Waals surface area contributed by atoms with Gasteiger partial charge in [-0.1, -0.05) is 37.4 Å². The van der Waals surface area contributed by atoms with Crippen molar-refractivity contribution < 1.29 is 13.7 Å². The lowest BCUT2D eigenvalue weighted by Crippen LogP contribution is -2.41. The highest BCUT2D eigenvalue weighted by Gasteiger charge is 2.50. The van der Waals surface area contributed by atoms with E-state index in [0.717, 1.165) is 6.42 Å². The summed E-state index contributed by atoms with van der Waals surface area (Å²) in [6, 6.07) is 0. The Balaban J connectivity index is 2.92. The van der Waals surface area contributed by atoms with Crippen LogP contribution in [0, 0.1) is 0 Å². The Kier molecular flexibility index (Phi) is 7.79. The number of hydrogen-bond donors (Lipinski definition) is 0. The fraction of sp³-hybridized carbons (Fsp3) is 0.895. The molecule has 0 atom stereocenters. The lowest BCUT2D eigenvalue weighted by Gasteiger charge is -2.32. The molecule has 0 amide bonds. The van der Waals surface area contributed by atoms with Crippen molar-refractivity contribution in [2.45, 2.75) is 111 Å². The molecule has 0 aliphatic carbocycles. The molecule has 0 unspecified atom stereocenters. The van der Waals surface area contributed by atoms with Gasteiger partial charge in [0, 0.05) is 6.10 Å². The maximum absolute atomic E-state index is 6.33. The van der Waals surface area contributed by atoms with Crippen LogP contribution in [0.15, 0.2) is 11.2 Å². The third-order valence-electron chi connectivity index (χ3n) is 5.21. The Labute approximate surface area is 151 Å². The van der Waals surface area contributed by atoms with Crippen LogP contribution in [0.4, 0.5) is 0 Å². The third-order valence-corrected chi connectivity index (χ3v) is 8.24. The molecule has 0 aromatic carbocycles. The SMILES string of the molecule is CCCCCC/C(=C\B1OC(C)(C)C(C)(C)O1)[Si](C)(C)OC(C)C. The maximum atomic E-state index is 6.33. The molecule has 1 saturated heterocycles. The van der Waals surface area contributed by atoms with Crippen molar-refractivity contribution in [3.05, 3.63) is 11.2 Å². The highest BCUT2D eigenvalue weighted by Crippen LogP contribution is 2.38. The standard InChI is InChI=1S/C19H39BO3Si/c1-10-11-12-13-14-17(24(8,9)21-16(2)3)15-20-22-18(4,5)19(6,7)23-20/h15-16H,10-14H2,1-9H3/b17-15+. The zero-order valence-corrected chi connectivity index (χ0v) is 18.5. The van der Waals surface area contributed by atoms with Gasteiger partial charge in [-0.25, -0.2) is 0 Å². The quantitative estimate of drug-likeness (QED) is 0.394. The summed E-state index contributed by atoms with van der Waals surface area (Å²) in [6.07, 6.45) is 6.41. The summed E-state index contributed by atoms with van der Waals surface area (Å²) >= 11 is 0. The Morgan fingerprint density at radius 2 is 1.58 bits per heavy atom. The van der Waals surface area contributed by atoms with E-state index >= 15 is 0 Å². The largest absolute Gasteiger partial charge is 0.486 e. The van der Waals surface area contributed by atoms with Crippen molar-refractivity contribution in [1.82, 2.24) is 0 Å². The first-order chi connectivity index (χ1) is 10.9. The van der Waals surface area contributed by atoms with Gasteiger partial charge in [0.15, 0.2) is 0 Å². The van der Waals surface area contributed by atoms with Gasteiger partial charge in [-0.3, -0.25) is 0 Å². The van der Waals surface area contributed by atoms with Crippen molar-refractivity contribution in [2.24, 2.45) is 0 Å². The molecule has 0 N–H and O–H groups in total. The Morgan fingerprint density at radius 1 is 1.04 bits per heavy atom. The van der Waals surface area contributed by atoms with Crippen LogP contribution >= 0.6 is 0 Å². The molecule has 0 spiro atoms. The van der Waals surface area contributed by atoms with Gasteiger partial charge in [0.1, 0.15) is 0 Å². The lowest BCUT2D eigenvalue weighted by molar-refractivity contribution is 0.00578. The van der Waals surface area contributed by atoms with Crippen LogP contribution in [-0.4, -0.2) is 32.7 Å². The van der Waals surface area contributed by atoms with Gasteiger partial charge in [0.05, 0.1) is 11.2 Å². The average Bonchev–Trinajstić information content (AvgIpc) is 2.59. The van der Waals surface area contributed by atoms with E-state index in [4.69, 9.17) is 13.7 Å². The minimum atomic E-state index is -1.92. The highest BCUT2D eigenvalue weighted by molar-refractivity contribution is 6.79. The number of hydrogen-bond acceptors (Lipinski definition) is 3. The van der Waals surface area contributed by atoms with E-state index < -0.39 is 8.32 Å². The molecule has 5 heteroatoms. The van der Waals surface area contributed by atoms with Gasteiger partial charge >= 0.3 is 7.12 Å². The molecule has 0 aromatic rings. The average molecular weight is 354 g/mol. The summed E-state index contributed by atoms with van der Waals surface area (Å²) in [5.74, 6) is 2.22. The van der Waals surface area contributed by atoms with Crippen LogP contribution in [-0.2, 0) is 13.7 Å². The van der Waals surface area contributed by atoms with E-state index in [1.165, 1.54) is 30.9 Å². The Bertz CT molecular complexity index is 414. The molecule has 3 nitrogen and oxygen atoms in total. The molecule has 0 bridgehead atoms. The van der Waals surface area contributed by atoms with Crippen molar-refractivity contribution in [3.63, 3.8) is 0 Å². The van der Waals surface area contributed by atoms with Crippen LogP contribution in [0.3, 0.4) is 0 Å². The second kappa shape index (κ2) is 8.52. The van der Waals surface area contributed by atoms with E-state index in [9.17, 15) is 0 Å². The zero-order valence-electron chi connectivity index (χ0n) is 17.5. The first kappa shape index (κ1) is 21.9. The summed E-state index contributed by atoms with van der Waals surface area (Å²) in [4.78, 5) is 0. The van der Waals surface area contributed by atoms with Crippen LogP contribution in [0.5, 0.6) is 0 Å². The zero-order chi connectivity index (χ0) is 18.6. The van der Waals surface area contributed by atoms with Gasteiger partial charge in [0.25, 0.3) is 0 Å². The third kappa shape index (κ3) is 6.01. The fourth-order valence-corrected chi connectivity index (χ4v) is 5.76. The molecule has 0 radical (unpaired) electrons. The van der Waals surface area contributed by atoms with Gasteiger partial charge in [-0.05, 0) is 67.5 Å². The van der Waals surface area contributed by atoms with Crippen LogP contribution in [0.25, 0.3) is 0 Å². The molecule has 1 heterocycles. The normalized spacial score (nSPS) is 20.9. The minimum Gasteiger partial charge on any atom is -0.411 e. The topological polar surface area (TPSA) is 27.7 Å². The molecular formula is C19H39BO3Si. The molecule has 24 heavy (non-hydrogen) atoms. The van der Waals surface area contributed by atoms with Gasteiger partial charge in [-0.15, -0.1) is 0 Å². The molecule has 0 aromatic heterocycles. The second-order valence-corrected chi connectivity index (χ2v) is 12.7. The first-order valence-corrected chi connectivity index (χ1v) is 12.6. The van der Waals surface area contributed by atoms with E-state index in [-0.39, 0.29) is 24.4 Å². The first-order valence-electron chi connectivity index (χ1n) is 9.66. The van der Waals surface area contributed by atoms with E-state index in [1.54, 1.807) is 0 Å². The molecule has 1 aliphatic heterocycles. The van der Waals surface area contributed by atoms with Crippen LogP contribution in [0.1, 0.15) is 80.6 Å². The molecule has 1 aliphatic rings. The van der Waals surface area contributed by atoms with Crippen molar-refractivity contribution in [1.29, 1.82) is 0 Å². The summed E-state index contributed by atoms with van der Waals surface area (Å²) in [7, 11) is -2.18. The summed E-state index contributed by atoms with van der Waals surface area (Å²) in [6.45, 7) is 19.5. The molecule has 140 valence electrons. The van der Waals surface area contributed by atoms with Crippen molar-refractivity contribution >= 4 is 15.4 Å². The van der Waals surface area contributed by atoms with E-state index in [0.29, 0.717) is 0 Å². The smallest absolute Gasteiger partial charge is 0.411 e. The van der Waals surface area contributed by atoms with Crippen LogP contribution < -0.4 is 0 Å². The Hall–Kier alpha value is -0.0982. The number of unbranched alkanes of at least 4 members (excludes halogenated alkanes) is 3.